The summed E-state index contributed by atoms with van der Waals surface area (Å²) in [6.45, 7) is 5.61. The molecule has 5 nitrogen and oxygen atoms in total. The van der Waals surface area contributed by atoms with Crippen molar-refractivity contribution >= 4 is 28.6 Å². The summed E-state index contributed by atoms with van der Waals surface area (Å²) in [4.78, 5) is 16.9. The first-order valence-corrected chi connectivity index (χ1v) is 10.6. The average Bonchev–Trinajstić information content (AvgIpc) is 3.20. The van der Waals surface area contributed by atoms with Crippen LogP contribution in [-0.4, -0.2) is 38.8 Å². The van der Waals surface area contributed by atoms with Gasteiger partial charge in [0.05, 0.1) is 19.8 Å². The highest BCUT2D eigenvalue weighted by Gasteiger charge is 2.19. The molecule has 2 aromatic carbocycles. The predicted molar refractivity (Wildman–Crippen MR) is 118 cm³/mol. The molecule has 1 saturated heterocycles. The van der Waals surface area contributed by atoms with Crippen molar-refractivity contribution in [1.82, 2.24) is 0 Å². The number of nitrogens with one attached hydrogen (secondary N) is 1. The molecule has 29 heavy (non-hydrogen) atoms. The van der Waals surface area contributed by atoms with Crippen LogP contribution in [0.1, 0.15) is 16.6 Å². The maximum absolute atomic E-state index is 13.0. The Bertz CT molecular complexity index is 965. The number of carbonyl (C=O) groups excluding carboxylic acids is 1. The number of anilines is 2. The van der Waals surface area contributed by atoms with E-state index in [1.165, 1.54) is 11.3 Å². The van der Waals surface area contributed by atoms with Gasteiger partial charge >= 0.3 is 0 Å². The quantitative estimate of drug-likeness (QED) is 0.630. The van der Waals surface area contributed by atoms with Gasteiger partial charge in [-0.05, 0) is 36.8 Å². The number of hydrogen-bond donors (Lipinski definition) is 1. The molecule has 1 fully saturated rings. The molecule has 0 spiro atoms. The number of ether oxygens (including phenoxy) is 2. The molecule has 1 aliphatic heterocycles. The largest absolute Gasteiger partial charge is 0.492 e. The van der Waals surface area contributed by atoms with Gasteiger partial charge in [-0.3, -0.25) is 4.79 Å². The van der Waals surface area contributed by atoms with E-state index in [2.05, 4.69) is 16.3 Å². The number of thiophene rings is 1. The first-order chi connectivity index (χ1) is 14.2. The predicted octanol–water partition coefficient (Wildman–Crippen LogP) is 4.90. The van der Waals surface area contributed by atoms with Crippen molar-refractivity contribution in [2.75, 3.05) is 43.1 Å². The van der Waals surface area contributed by atoms with Crippen LogP contribution >= 0.6 is 11.3 Å². The monoisotopic (exact) mass is 408 g/mol. The van der Waals surface area contributed by atoms with Crippen molar-refractivity contribution in [2.45, 2.75) is 6.92 Å². The van der Waals surface area contributed by atoms with Gasteiger partial charge in [0.15, 0.2) is 0 Å². The molecule has 4 rings (SSSR count). The van der Waals surface area contributed by atoms with E-state index in [4.69, 9.17) is 9.47 Å². The van der Waals surface area contributed by atoms with Crippen LogP contribution in [0.3, 0.4) is 0 Å². The third-order valence-electron chi connectivity index (χ3n) is 4.74. The highest BCUT2D eigenvalue weighted by Crippen LogP contribution is 2.37. The Labute approximate surface area is 174 Å². The molecule has 6 heteroatoms. The molecule has 0 aliphatic carbocycles. The number of rotatable bonds is 6. The molecule has 0 radical (unpaired) electrons. The summed E-state index contributed by atoms with van der Waals surface area (Å²) in [7, 11) is 0. The molecular weight excluding hydrogens is 384 g/mol. The minimum atomic E-state index is -0.153. The fourth-order valence-electron chi connectivity index (χ4n) is 3.33. The van der Waals surface area contributed by atoms with Gasteiger partial charge in [-0.1, -0.05) is 36.4 Å². The summed E-state index contributed by atoms with van der Waals surface area (Å²) in [5.41, 5.74) is 2.94. The lowest BCUT2D eigenvalue weighted by Crippen LogP contribution is -2.36. The number of carbonyl (C=O) groups is 1. The van der Waals surface area contributed by atoms with E-state index >= 15 is 0 Å². The molecule has 2 heterocycles. The summed E-state index contributed by atoms with van der Waals surface area (Å²) in [5.74, 6) is 0.470. The van der Waals surface area contributed by atoms with Crippen LogP contribution < -0.4 is 15.0 Å². The maximum Gasteiger partial charge on any atom is 0.269 e. The highest BCUT2D eigenvalue weighted by atomic mass is 32.1. The molecule has 0 saturated carbocycles. The first kappa shape index (κ1) is 19.5. The molecule has 0 atom stereocenters. The molecular formula is C23H24N2O3S. The van der Waals surface area contributed by atoms with E-state index in [-0.39, 0.29) is 5.91 Å². The minimum absolute atomic E-state index is 0.153. The standard InChI is InChI=1S/C23H24N2O3S/c1-2-28-20-16-21(17-7-4-3-5-8-17)29-22(20)23(26)24-18-9-6-10-19(15-18)25-11-13-27-14-12-25/h3-10,15-16H,2,11-14H2,1H3,(H,24,26). The van der Waals surface area contributed by atoms with Crippen LogP contribution in [-0.2, 0) is 4.74 Å². The molecule has 3 aromatic rings. The van der Waals surface area contributed by atoms with Crippen molar-refractivity contribution in [3.05, 3.63) is 65.5 Å². The topological polar surface area (TPSA) is 50.8 Å². The zero-order valence-electron chi connectivity index (χ0n) is 16.4. The van der Waals surface area contributed by atoms with Crippen molar-refractivity contribution in [1.29, 1.82) is 0 Å². The molecule has 1 aromatic heterocycles. The molecule has 1 aliphatic rings. The van der Waals surface area contributed by atoms with Crippen molar-refractivity contribution < 1.29 is 14.3 Å². The normalized spacial score (nSPS) is 13.9. The van der Waals surface area contributed by atoms with E-state index in [0.29, 0.717) is 17.2 Å². The summed E-state index contributed by atoms with van der Waals surface area (Å²) < 4.78 is 11.2. The SMILES string of the molecule is CCOc1cc(-c2ccccc2)sc1C(=O)Nc1cccc(N2CCOCC2)c1. The smallest absolute Gasteiger partial charge is 0.269 e. The fourth-order valence-corrected chi connectivity index (χ4v) is 4.33. The van der Waals surface area contributed by atoms with Crippen molar-refractivity contribution in [2.24, 2.45) is 0 Å². The van der Waals surface area contributed by atoms with Crippen LogP contribution in [0, 0.1) is 0 Å². The van der Waals surface area contributed by atoms with Crippen molar-refractivity contribution in [3.8, 4) is 16.2 Å². The van der Waals surface area contributed by atoms with Gasteiger partial charge in [0.1, 0.15) is 10.6 Å². The summed E-state index contributed by atoms with van der Waals surface area (Å²) >= 11 is 1.45. The van der Waals surface area contributed by atoms with Gasteiger partial charge in [0.2, 0.25) is 0 Å². The van der Waals surface area contributed by atoms with Gasteiger partial charge in [-0.2, -0.15) is 0 Å². The Morgan fingerprint density at radius 2 is 1.90 bits per heavy atom. The zero-order valence-corrected chi connectivity index (χ0v) is 17.2. The molecule has 150 valence electrons. The van der Waals surface area contributed by atoms with Gasteiger partial charge < -0.3 is 19.7 Å². The molecule has 0 unspecified atom stereocenters. The minimum Gasteiger partial charge on any atom is -0.492 e. The lowest BCUT2D eigenvalue weighted by molar-refractivity contribution is 0.102. The summed E-state index contributed by atoms with van der Waals surface area (Å²) in [6.07, 6.45) is 0. The van der Waals surface area contributed by atoms with Gasteiger partial charge in [-0.25, -0.2) is 0 Å². The molecule has 1 N–H and O–H groups in total. The van der Waals surface area contributed by atoms with Crippen LogP contribution in [0.15, 0.2) is 60.7 Å². The van der Waals surface area contributed by atoms with Gasteiger partial charge in [0.25, 0.3) is 5.91 Å². The van der Waals surface area contributed by atoms with E-state index in [1.54, 1.807) is 0 Å². The first-order valence-electron chi connectivity index (χ1n) is 9.81. The Kier molecular flexibility index (Phi) is 6.12. The number of benzene rings is 2. The molecule has 0 bridgehead atoms. The summed E-state index contributed by atoms with van der Waals surface area (Å²) in [5, 5.41) is 3.03. The number of nitrogens with zero attached hydrogens (tertiary/aromatic N) is 1. The van der Waals surface area contributed by atoms with E-state index in [9.17, 15) is 4.79 Å². The van der Waals surface area contributed by atoms with Crippen LogP contribution in [0.25, 0.3) is 10.4 Å². The zero-order chi connectivity index (χ0) is 20.1. The lowest BCUT2D eigenvalue weighted by atomic mass is 10.2. The third kappa shape index (κ3) is 4.60. The van der Waals surface area contributed by atoms with Gasteiger partial charge in [-0.15, -0.1) is 11.3 Å². The Balaban J connectivity index is 1.56. The second kappa shape index (κ2) is 9.11. The molecule has 1 amide bonds. The third-order valence-corrected chi connectivity index (χ3v) is 5.91. The van der Waals surface area contributed by atoms with Crippen LogP contribution in [0.4, 0.5) is 11.4 Å². The fraction of sp³-hybridized carbons (Fsp3) is 0.261. The summed E-state index contributed by atoms with van der Waals surface area (Å²) in [6, 6.07) is 19.9. The second-order valence-corrected chi connectivity index (χ2v) is 7.76. The number of morpholine rings is 1. The van der Waals surface area contributed by atoms with E-state index in [1.807, 2.05) is 61.5 Å². The number of amides is 1. The second-order valence-electron chi connectivity index (χ2n) is 6.71. The maximum atomic E-state index is 13.0. The highest BCUT2D eigenvalue weighted by molar-refractivity contribution is 7.17. The van der Waals surface area contributed by atoms with Gasteiger partial charge in [0, 0.05) is 29.3 Å². The number of hydrogen-bond acceptors (Lipinski definition) is 5. The Morgan fingerprint density at radius 3 is 2.66 bits per heavy atom. The van der Waals surface area contributed by atoms with Crippen molar-refractivity contribution in [3.63, 3.8) is 0 Å². The van der Waals surface area contributed by atoms with Crippen LogP contribution in [0.5, 0.6) is 5.75 Å². The van der Waals surface area contributed by atoms with E-state index in [0.717, 1.165) is 48.1 Å². The Morgan fingerprint density at radius 1 is 1.10 bits per heavy atom. The van der Waals surface area contributed by atoms with E-state index < -0.39 is 0 Å². The van der Waals surface area contributed by atoms with Crippen LogP contribution in [0.2, 0.25) is 0 Å². The lowest BCUT2D eigenvalue weighted by Gasteiger charge is -2.29. The Hall–Kier alpha value is -2.83. The average molecular weight is 409 g/mol.